The van der Waals surface area contributed by atoms with Crippen LogP contribution in [0, 0.1) is 0 Å². The van der Waals surface area contributed by atoms with Gasteiger partial charge in [-0.25, -0.2) is 0 Å². The molecule has 1 aromatic carbocycles. The Morgan fingerprint density at radius 3 is 2.12 bits per heavy atom. The first kappa shape index (κ1) is 12.7. The van der Waals surface area contributed by atoms with Gasteiger partial charge in [0.15, 0.2) is 0 Å². The normalized spacial score (nSPS) is 9.62. The molecule has 0 saturated carbocycles. The van der Waals surface area contributed by atoms with Crippen molar-refractivity contribution in [3.8, 4) is 0 Å². The molecule has 1 nitrogen and oxygen atoms in total. The van der Waals surface area contributed by atoms with Crippen LogP contribution in [0.25, 0.3) is 10.9 Å². The van der Waals surface area contributed by atoms with Crippen molar-refractivity contribution in [2.75, 3.05) is 0 Å². The highest BCUT2D eigenvalue weighted by atomic mass is 14.6. The lowest BCUT2D eigenvalue weighted by atomic mass is 10.2. The van der Waals surface area contributed by atoms with E-state index in [1.165, 1.54) is 31.1 Å². The third-order valence-electron chi connectivity index (χ3n) is 2.47. The van der Waals surface area contributed by atoms with Gasteiger partial charge in [-0.1, -0.05) is 63.8 Å². The maximum Gasteiger partial charge on any atom is 0.0701 e. The summed E-state index contributed by atoms with van der Waals surface area (Å²) in [4.78, 5) is 4.18. The van der Waals surface area contributed by atoms with Crippen LogP contribution in [0.3, 0.4) is 0 Å². The summed E-state index contributed by atoms with van der Waals surface area (Å²) in [5.41, 5.74) is 1.06. The summed E-state index contributed by atoms with van der Waals surface area (Å²) < 4.78 is 0. The summed E-state index contributed by atoms with van der Waals surface area (Å²) in [6, 6.07) is 12.1. The minimum atomic E-state index is 1.06. The van der Waals surface area contributed by atoms with Crippen molar-refractivity contribution in [1.29, 1.82) is 0 Å². The van der Waals surface area contributed by atoms with E-state index < -0.39 is 0 Å². The topological polar surface area (TPSA) is 12.9 Å². The number of fused-ring (bicyclic) bond motifs is 1. The summed E-state index contributed by atoms with van der Waals surface area (Å²) in [6.45, 7) is 4.46. The molecule has 0 radical (unpaired) electrons. The zero-order chi connectivity index (χ0) is 11.6. The van der Waals surface area contributed by atoms with Gasteiger partial charge in [0, 0.05) is 11.6 Å². The highest BCUT2D eigenvalue weighted by Crippen LogP contribution is 2.07. The Balaban J connectivity index is 0.000000187. The Labute approximate surface area is 98.5 Å². The largest absolute Gasteiger partial charge is 0.256 e. The van der Waals surface area contributed by atoms with E-state index in [2.05, 4.69) is 31.0 Å². The molecule has 0 N–H and O–H groups in total. The fourth-order valence-electron chi connectivity index (χ4n) is 1.52. The van der Waals surface area contributed by atoms with E-state index in [-0.39, 0.29) is 0 Å². The molecule has 0 bridgehead atoms. The molecule has 0 aliphatic carbocycles. The predicted molar refractivity (Wildman–Crippen MR) is 71.6 cm³/mol. The van der Waals surface area contributed by atoms with E-state index in [1.54, 1.807) is 0 Å². The second kappa shape index (κ2) is 7.86. The first-order chi connectivity index (χ1) is 7.88. The van der Waals surface area contributed by atoms with E-state index in [4.69, 9.17) is 0 Å². The fraction of sp³-hybridized carbons (Fsp3) is 0.400. The molecule has 0 atom stereocenters. The van der Waals surface area contributed by atoms with Crippen LogP contribution >= 0.6 is 0 Å². The predicted octanol–water partition coefficient (Wildman–Crippen LogP) is 4.82. The highest BCUT2D eigenvalue weighted by molar-refractivity contribution is 5.77. The van der Waals surface area contributed by atoms with Crippen molar-refractivity contribution in [3.05, 3.63) is 42.6 Å². The molecule has 0 unspecified atom stereocenters. The average molecular weight is 215 g/mol. The molecule has 0 amide bonds. The van der Waals surface area contributed by atoms with Gasteiger partial charge in [-0.05, 0) is 12.1 Å². The molecule has 1 heteroatoms. The van der Waals surface area contributed by atoms with E-state index in [0.717, 1.165) is 5.52 Å². The standard InChI is InChI=1S/C9H7N.C6H14/c1-2-6-9-8(4-1)5-3-7-10-9;1-3-5-6-4-2/h1-7H;3-6H2,1-2H3. The molecule has 0 fully saturated rings. The van der Waals surface area contributed by atoms with E-state index in [0.29, 0.717) is 0 Å². The second-order valence-corrected chi connectivity index (χ2v) is 3.90. The van der Waals surface area contributed by atoms with Crippen LogP contribution in [0.15, 0.2) is 42.6 Å². The van der Waals surface area contributed by atoms with Crippen molar-refractivity contribution in [1.82, 2.24) is 4.98 Å². The lowest BCUT2D eigenvalue weighted by Crippen LogP contribution is -1.73. The smallest absolute Gasteiger partial charge is 0.0701 e. The van der Waals surface area contributed by atoms with Crippen LogP contribution < -0.4 is 0 Å². The summed E-state index contributed by atoms with van der Waals surface area (Å²) >= 11 is 0. The van der Waals surface area contributed by atoms with Crippen molar-refractivity contribution in [2.24, 2.45) is 0 Å². The number of unbranched alkanes of at least 4 members (excludes halogenated alkanes) is 3. The van der Waals surface area contributed by atoms with Gasteiger partial charge in [-0.2, -0.15) is 0 Å². The maximum atomic E-state index is 4.18. The van der Waals surface area contributed by atoms with Gasteiger partial charge < -0.3 is 0 Å². The van der Waals surface area contributed by atoms with Gasteiger partial charge in [-0.15, -0.1) is 0 Å². The molecule has 0 spiro atoms. The number of nitrogens with zero attached hydrogens (tertiary/aromatic N) is 1. The van der Waals surface area contributed by atoms with E-state index in [9.17, 15) is 0 Å². The van der Waals surface area contributed by atoms with Crippen LogP contribution in [-0.4, -0.2) is 4.98 Å². The van der Waals surface area contributed by atoms with Crippen molar-refractivity contribution in [3.63, 3.8) is 0 Å². The Morgan fingerprint density at radius 2 is 1.50 bits per heavy atom. The third kappa shape index (κ3) is 4.43. The van der Waals surface area contributed by atoms with Crippen LogP contribution in [0.2, 0.25) is 0 Å². The third-order valence-corrected chi connectivity index (χ3v) is 2.47. The zero-order valence-corrected chi connectivity index (χ0v) is 10.3. The van der Waals surface area contributed by atoms with Crippen molar-refractivity contribution >= 4 is 10.9 Å². The van der Waals surface area contributed by atoms with E-state index in [1.807, 2.05) is 30.5 Å². The molecule has 1 aromatic heterocycles. The molecule has 2 rings (SSSR count). The first-order valence-electron chi connectivity index (χ1n) is 6.18. The molecule has 16 heavy (non-hydrogen) atoms. The molecule has 86 valence electrons. The SMILES string of the molecule is CCCCCC.c1ccc2ncccc2c1. The minimum absolute atomic E-state index is 1.06. The number of benzene rings is 1. The molecule has 0 aliphatic heterocycles. The number of aromatic nitrogens is 1. The summed E-state index contributed by atoms with van der Waals surface area (Å²) in [6.07, 6.45) is 7.34. The van der Waals surface area contributed by atoms with Crippen LogP contribution in [0.5, 0.6) is 0 Å². The molecular formula is C15H21N. The van der Waals surface area contributed by atoms with Crippen molar-refractivity contribution in [2.45, 2.75) is 39.5 Å². The summed E-state index contributed by atoms with van der Waals surface area (Å²) in [7, 11) is 0. The first-order valence-corrected chi connectivity index (χ1v) is 6.18. The summed E-state index contributed by atoms with van der Waals surface area (Å²) in [5.74, 6) is 0. The number of hydrogen-bond acceptors (Lipinski definition) is 1. The number of hydrogen-bond donors (Lipinski definition) is 0. The Morgan fingerprint density at radius 1 is 0.875 bits per heavy atom. The summed E-state index contributed by atoms with van der Waals surface area (Å²) in [5, 5.41) is 1.20. The van der Waals surface area contributed by atoms with Crippen molar-refractivity contribution < 1.29 is 0 Å². The van der Waals surface area contributed by atoms with Gasteiger partial charge >= 0.3 is 0 Å². The molecule has 2 aromatic rings. The Bertz CT molecular complexity index is 326. The number of para-hydroxylation sites is 1. The van der Waals surface area contributed by atoms with Crippen LogP contribution in [0.1, 0.15) is 39.5 Å². The number of rotatable bonds is 3. The van der Waals surface area contributed by atoms with Gasteiger partial charge in [0.1, 0.15) is 0 Å². The quantitative estimate of drug-likeness (QED) is 0.669. The van der Waals surface area contributed by atoms with Gasteiger partial charge in [0.05, 0.1) is 5.52 Å². The molecular weight excluding hydrogens is 194 g/mol. The monoisotopic (exact) mass is 215 g/mol. The maximum absolute atomic E-state index is 4.18. The van der Waals surface area contributed by atoms with Crippen LogP contribution in [-0.2, 0) is 0 Å². The van der Waals surface area contributed by atoms with Gasteiger partial charge in [0.25, 0.3) is 0 Å². The Hall–Kier alpha value is -1.37. The fourth-order valence-corrected chi connectivity index (χ4v) is 1.52. The molecule has 1 heterocycles. The Kier molecular flexibility index (Phi) is 6.24. The van der Waals surface area contributed by atoms with Crippen LogP contribution in [0.4, 0.5) is 0 Å². The lowest BCUT2D eigenvalue weighted by molar-refractivity contribution is 0.702. The molecule has 0 saturated heterocycles. The molecule has 0 aliphatic rings. The lowest BCUT2D eigenvalue weighted by Gasteiger charge is -1.91. The average Bonchev–Trinajstić information content (AvgIpc) is 2.37. The van der Waals surface area contributed by atoms with Gasteiger partial charge in [0.2, 0.25) is 0 Å². The van der Waals surface area contributed by atoms with Gasteiger partial charge in [-0.3, -0.25) is 4.98 Å². The van der Waals surface area contributed by atoms with E-state index >= 15 is 0 Å². The zero-order valence-electron chi connectivity index (χ0n) is 10.3. The highest BCUT2D eigenvalue weighted by Gasteiger charge is 1.86. The number of pyridine rings is 1. The minimum Gasteiger partial charge on any atom is -0.256 e. The second-order valence-electron chi connectivity index (χ2n) is 3.90.